The molecule has 0 bridgehead atoms. The van der Waals surface area contributed by atoms with Crippen molar-refractivity contribution in [2.45, 2.75) is 103 Å². The van der Waals surface area contributed by atoms with E-state index in [2.05, 4.69) is 6.92 Å². The molecule has 0 aromatic carbocycles. The van der Waals surface area contributed by atoms with Gasteiger partial charge in [-0.2, -0.15) is 0 Å². The van der Waals surface area contributed by atoms with Crippen molar-refractivity contribution >= 4 is 0 Å². The highest BCUT2D eigenvalue weighted by molar-refractivity contribution is 4.57. The Morgan fingerprint density at radius 3 is 1.53 bits per heavy atom. The average Bonchev–Trinajstić information content (AvgIpc) is 2.41. The van der Waals surface area contributed by atoms with Gasteiger partial charge in [-0.3, -0.25) is 0 Å². The summed E-state index contributed by atoms with van der Waals surface area (Å²) in [5.41, 5.74) is 0. The predicted octanol–water partition coefficient (Wildman–Crippen LogP) is 4.82. The Hall–Kier alpha value is -0.0800. The highest BCUT2D eigenvalue weighted by atomic mass is 16.3. The highest BCUT2D eigenvalue weighted by Crippen LogP contribution is 2.13. The van der Waals surface area contributed by atoms with Gasteiger partial charge in [0.25, 0.3) is 0 Å². The van der Waals surface area contributed by atoms with Gasteiger partial charge in [-0.05, 0) is 19.3 Å². The Bertz CT molecular complexity index is 159. The molecule has 2 heteroatoms. The predicted molar refractivity (Wildman–Crippen MR) is 83.4 cm³/mol. The smallest absolute Gasteiger partial charge is 0.0540 e. The second-order valence-corrected chi connectivity index (χ2v) is 5.84. The number of unbranched alkanes of at least 4 members (excludes halogenated alkanes) is 10. The molecular weight excluding hydrogens is 236 g/mol. The molecule has 0 radical (unpaired) electrons. The Labute approximate surface area is 120 Å². The van der Waals surface area contributed by atoms with Crippen LogP contribution in [0.4, 0.5) is 0 Å². The zero-order valence-corrected chi connectivity index (χ0v) is 13.1. The summed E-state index contributed by atoms with van der Waals surface area (Å²) < 4.78 is 0. The second kappa shape index (κ2) is 16.0. The highest BCUT2D eigenvalue weighted by Gasteiger charge is 2.03. The van der Waals surface area contributed by atoms with E-state index in [0.29, 0.717) is 6.61 Å². The van der Waals surface area contributed by atoms with Crippen molar-refractivity contribution in [3.8, 4) is 0 Å². The summed E-state index contributed by atoms with van der Waals surface area (Å²) in [7, 11) is 0. The van der Waals surface area contributed by atoms with Crippen LogP contribution in [0.2, 0.25) is 0 Å². The fraction of sp³-hybridized carbons (Fsp3) is 1.00. The van der Waals surface area contributed by atoms with Gasteiger partial charge >= 0.3 is 0 Å². The number of hydrogen-bond acceptors (Lipinski definition) is 2. The first-order valence-electron chi connectivity index (χ1n) is 8.60. The minimum atomic E-state index is -0.0661. The molecule has 2 nitrogen and oxygen atoms in total. The van der Waals surface area contributed by atoms with Crippen molar-refractivity contribution < 1.29 is 10.2 Å². The molecule has 19 heavy (non-hydrogen) atoms. The van der Waals surface area contributed by atoms with Gasteiger partial charge in [0.2, 0.25) is 0 Å². The molecule has 0 saturated heterocycles. The molecule has 0 aliphatic carbocycles. The van der Waals surface area contributed by atoms with Gasteiger partial charge in [0.15, 0.2) is 0 Å². The fourth-order valence-electron chi connectivity index (χ4n) is 2.50. The zero-order chi connectivity index (χ0) is 14.2. The fourth-order valence-corrected chi connectivity index (χ4v) is 2.50. The first-order valence-corrected chi connectivity index (χ1v) is 8.60. The third kappa shape index (κ3) is 15.9. The van der Waals surface area contributed by atoms with Gasteiger partial charge < -0.3 is 10.2 Å². The maximum absolute atomic E-state index is 9.86. The lowest BCUT2D eigenvalue weighted by Crippen LogP contribution is -2.05. The lowest BCUT2D eigenvalue weighted by atomic mass is 10.0. The molecule has 0 saturated carbocycles. The quantitative estimate of drug-likeness (QED) is 0.420. The van der Waals surface area contributed by atoms with Gasteiger partial charge in [-0.1, -0.05) is 77.6 Å². The maximum Gasteiger partial charge on any atom is 0.0540 e. The summed E-state index contributed by atoms with van der Waals surface area (Å²) >= 11 is 0. The van der Waals surface area contributed by atoms with Crippen LogP contribution in [0.25, 0.3) is 0 Å². The first kappa shape index (κ1) is 18.9. The molecule has 0 heterocycles. The first-order chi connectivity index (χ1) is 9.31. The third-order valence-electron chi connectivity index (χ3n) is 3.84. The molecule has 0 aromatic rings. The lowest BCUT2D eigenvalue weighted by Gasteiger charge is -2.10. The molecule has 1 unspecified atom stereocenters. The minimum Gasteiger partial charge on any atom is -0.396 e. The van der Waals surface area contributed by atoms with Crippen LogP contribution >= 0.6 is 0 Å². The van der Waals surface area contributed by atoms with E-state index in [1.807, 2.05) is 0 Å². The monoisotopic (exact) mass is 272 g/mol. The summed E-state index contributed by atoms with van der Waals surface area (Å²) in [5, 5.41) is 18.5. The van der Waals surface area contributed by atoms with E-state index in [9.17, 15) is 5.11 Å². The Morgan fingerprint density at radius 2 is 1.05 bits per heavy atom. The lowest BCUT2D eigenvalue weighted by molar-refractivity contribution is 0.147. The van der Waals surface area contributed by atoms with Crippen LogP contribution in [0.3, 0.4) is 0 Å². The van der Waals surface area contributed by atoms with Crippen molar-refractivity contribution in [1.82, 2.24) is 0 Å². The van der Waals surface area contributed by atoms with Crippen LogP contribution in [0, 0.1) is 0 Å². The molecule has 1 atom stereocenters. The van der Waals surface area contributed by atoms with E-state index >= 15 is 0 Å². The summed E-state index contributed by atoms with van der Waals surface area (Å²) in [6, 6.07) is 0. The molecule has 0 amide bonds. The molecule has 0 spiro atoms. The molecule has 0 fully saturated rings. The summed E-state index contributed by atoms with van der Waals surface area (Å²) in [6.45, 7) is 2.57. The van der Waals surface area contributed by atoms with E-state index in [4.69, 9.17) is 5.11 Å². The van der Waals surface area contributed by atoms with Crippen LogP contribution in [-0.2, 0) is 0 Å². The standard InChI is InChI=1S/C17H36O2/c1-2-3-4-5-8-11-14-17(19)15-12-9-6-7-10-13-16-18/h17-19H,2-16H2,1H3. The molecule has 2 N–H and O–H groups in total. The molecule has 0 aliphatic heterocycles. The Kier molecular flexibility index (Phi) is 15.9. The Morgan fingerprint density at radius 1 is 0.632 bits per heavy atom. The number of hydrogen-bond donors (Lipinski definition) is 2. The molecule has 0 aliphatic rings. The minimum absolute atomic E-state index is 0.0661. The van der Waals surface area contributed by atoms with E-state index in [1.54, 1.807) is 0 Å². The van der Waals surface area contributed by atoms with Gasteiger partial charge in [-0.15, -0.1) is 0 Å². The summed E-state index contributed by atoms with van der Waals surface area (Å²) in [4.78, 5) is 0. The normalized spacial score (nSPS) is 12.8. The molecule has 0 aromatic heterocycles. The van der Waals surface area contributed by atoms with Crippen LogP contribution in [-0.4, -0.2) is 22.9 Å². The van der Waals surface area contributed by atoms with Gasteiger partial charge in [-0.25, -0.2) is 0 Å². The topological polar surface area (TPSA) is 40.5 Å². The van der Waals surface area contributed by atoms with Crippen LogP contribution < -0.4 is 0 Å². The number of rotatable bonds is 15. The molecule has 0 rings (SSSR count). The molecular formula is C17H36O2. The second-order valence-electron chi connectivity index (χ2n) is 5.84. The van der Waals surface area contributed by atoms with E-state index < -0.39 is 0 Å². The number of aliphatic hydroxyl groups excluding tert-OH is 2. The van der Waals surface area contributed by atoms with Crippen LogP contribution in [0.15, 0.2) is 0 Å². The number of aliphatic hydroxyl groups is 2. The maximum atomic E-state index is 9.86. The van der Waals surface area contributed by atoms with Crippen LogP contribution in [0.1, 0.15) is 96.8 Å². The third-order valence-corrected chi connectivity index (χ3v) is 3.84. The largest absolute Gasteiger partial charge is 0.396 e. The van der Waals surface area contributed by atoms with E-state index in [0.717, 1.165) is 32.1 Å². The zero-order valence-electron chi connectivity index (χ0n) is 13.1. The average molecular weight is 272 g/mol. The van der Waals surface area contributed by atoms with Gasteiger partial charge in [0.05, 0.1) is 6.10 Å². The summed E-state index contributed by atoms with van der Waals surface area (Å²) in [6.07, 6.45) is 16.7. The van der Waals surface area contributed by atoms with Gasteiger partial charge in [0, 0.05) is 6.61 Å². The van der Waals surface area contributed by atoms with Crippen molar-refractivity contribution in [2.75, 3.05) is 6.61 Å². The Balaban J connectivity index is 3.10. The van der Waals surface area contributed by atoms with Gasteiger partial charge in [0.1, 0.15) is 0 Å². The van der Waals surface area contributed by atoms with Crippen molar-refractivity contribution in [3.05, 3.63) is 0 Å². The SMILES string of the molecule is CCCCCCCCC(O)CCCCCCCCO. The van der Waals surface area contributed by atoms with E-state index in [1.165, 1.54) is 57.8 Å². The van der Waals surface area contributed by atoms with Crippen molar-refractivity contribution in [2.24, 2.45) is 0 Å². The summed E-state index contributed by atoms with van der Waals surface area (Å²) in [5.74, 6) is 0. The van der Waals surface area contributed by atoms with E-state index in [-0.39, 0.29) is 6.10 Å². The van der Waals surface area contributed by atoms with Crippen molar-refractivity contribution in [1.29, 1.82) is 0 Å². The molecule has 116 valence electrons. The van der Waals surface area contributed by atoms with Crippen molar-refractivity contribution in [3.63, 3.8) is 0 Å². The van der Waals surface area contributed by atoms with Crippen LogP contribution in [0.5, 0.6) is 0 Å².